The number of benzene rings is 2. The van der Waals surface area contributed by atoms with Crippen LogP contribution in [0.4, 0.5) is 0 Å². The quantitative estimate of drug-likeness (QED) is 0.683. The van der Waals surface area contributed by atoms with Gasteiger partial charge in [-0.05, 0) is 55.1 Å². The lowest BCUT2D eigenvalue weighted by molar-refractivity contribution is 0.0946. The molecule has 0 aliphatic heterocycles. The van der Waals surface area contributed by atoms with E-state index in [0.717, 1.165) is 29.0 Å². The average Bonchev–Trinajstić information content (AvgIpc) is 2.72. The number of ether oxygens (including phenoxy) is 1. The smallest absolute Gasteiger partial charge is 0.270 e. The Bertz CT molecular complexity index is 954. The maximum Gasteiger partial charge on any atom is 0.270 e. The normalized spacial score (nSPS) is 10.7. The number of amides is 1. The fourth-order valence-corrected chi connectivity index (χ4v) is 3.07. The molecule has 0 saturated heterocycles. The van der Waals surface area contributed by atoms with E-state index in [9.17, 15) is 4.79 Å². The predicted molar refractivity (Wildman–Crippen MR) is 111 cm³/mol. The summed E-state index contributed by atoms with van der Waals surface area (Å²) in [5, 5.41) is 2.96. The molecule has 0 saturated carbocycles. The van der Waals surface area contributed by atoms with E-state index in [0.29, 0.717) is 12.2 Å². The molecular weight excluding hydrogens is 350 g/mol. The lowest BCUT2D eigenvalue weighted by Gasteiger charge is -2.13. The minimum atomic E-state index is -0.198. The molecule has 0 aliphatic carbocycles. The molecule has 1 heterocycles. The molecule has 3 rings (SSSR count). The first-order valence-electron chi connectivity index (χ1n) is 9.17. The lowest BCUT2D eigenvalue weighted by Crippen LogP contribution is -2.24. The van der Waals surface area contributed by atoms with Gasteiger partial charge >= 0.3 is 0 Å². The fraction of sp³-hybridized carbons (Fsp3) is 0.217. The highest BCUT2D eigenvalue weighted by Crippen LogP contribution is 2.24. The molecule has 0 radical (unpaired) electrons. The molecule has 0 spiro atoms. The molecule has 0 atom stereocenters. The number of nitrogens with one attached hydrogen (secondary N) is 1. The zero-order valence-electron chi connectivity index (χ0n) is 16.5. The summed E-state index contributed by atoms with van der Waals surface area (Å²) in [6.45, 7) is 1.25. The van der Waals surface area contributed by atoms with Crippen LogP contribution in [0.5, 0.6) is 5.75 Å². The SMILES string of the molecule is COc1cccc(CNC(=O)c2ncccc2-c2cccc(CN(C)C)c2)c1. The van der Waals surface area contributed by atoms with Crippen LogP contribution in [0.15, 0.2) is 66.9 Å². The van der Waals surface area contributed by atoms with E-state index < -0.39 is 0 Å². The van der Waals surface area contributed by atoms with Gasteiger partial charge in [-0.3, -0.25) is 9.78 Å². The van der Waals surface area contributed by atoms with E-state index in [1.54, 1.807) is 13.3 Å². The topological polar surface area (TPSA) is 54.5 Å². The summed E-state index contributed by atoms with van der Waals surface area (Å²) >= 11 is 0. The van der Waals surface area contributed by atoms with E-state index in [1.165, 1.54) is 5.56 Å². The molecule has 1 N–H and O–H groups in total. The van der Waals surface area contributed by atoms with Crippen molar-refractivity contribution in [1.82, 2.24) is 15.2 Å². The number of aromatic nitrogens is 1. The first-order chi connectivity index (χ1) is 13.6. The Morgan fingerprint density at radius 2 is 1.82 bits per heavy atom. The summed E-state index contributed by atoms with van der Waals surface area (Å²) in [6, 6.07) is 19.6. The van der Waals surface area contributed by atoms with Gasteiger partial charge in [-0.2, -0.15) is 0 Å². The van der Waals surface area contributed by atoms with E-state index in [1.807, 2.05) is 62.6 Å². The van der Waals surface area contributed by atoms with Gasteiger partial charge in [0.25, 0.3) is 5.91 Å². The monoisotopic (exact) mass is 375 g/mol. The summed E-state index contributed by atoms with van der Waals surface area (Å²) in [5.74, 6) is 0.569. The number of rotatable bonds is 7. The molecular formula is C23H25N3O2. The van der Waals surface area contributed by atoms with Crippen molar-refractivity contribution in [3.63, 3.8) is 0 Å². The lowest BCUT2D eigenvalue weighted by atomic mass is 10.0. The summed E-state index contributed by atoms with van der Waals surface area (Å²) in [4.78, 5) is 19.3. The first kappa shape index (κ1) is 19.6. The largest absolute Gasteiger partial charge is 0.497 e. The van der Waals surface area contributed by atoms with Crippen molar-refractivity contribution in [3.05, 3.63) is 83.7 Å². The predicted octanol–water partition coefficient (Wildman–Crippen LogP) is 3.75. The summed E-state index contributed by atoms with van der Waals surface area (Å²) < 4.78 is 5.23. The van der Waals surface area contributed by atoms with Gasteiger partial charge in [0.1, 0.15) is 11.4 Å². The first-order valence-corrected chi connectivity index (χ1v) is 9.17. The van der Waals surface area contributed by atoms with Gasteiger partial charge in [0.15, 0.2) is 0 Å². The summed E-state index contributed by atoms with van der Waals surface area (Å²) in [7, 11) is 5.70. The minimum absolute atomic E-state index is 0.198. The third kappa shape index (κ3) is 4.96. The summed E-state index contributed by atoms with van der Waals surface area (Å²) in [5.41, 5.74) is 4.39. The Kier molecular flexibility index (Phi) is 6.40. The van der Waals surface area contributed by atoms with Gasteiger partial charge < -0.3 is 15.0 Å². The van der Waals surface area contributed by atoms with Gasteiger partial charge in [-0.25, -0.2) is 0 Å². The maximum absolute atomic E-state index is 12.8. The van der Waals surface area contributed by atoms with Crippen molar-refractivity contribution >= 4 is 5.91 Å². The standard InChI is InChI=1S/C23H25N3O2/c1-26(2)16-18-8-4-9-19(13-18)21-11-6-12-24-22(21)23(27)25-15-17-7-5-10-20(14-17)28-3/h4-14H,15-16H2,1-3H3,(H,25,27). The number of carbonyl (C=O) groups is 1. The third-order valence-electron chi connectivity index (χ3n) is 4.35. The van der Waals surface area contributed by atoms with Gasteiger partial charge in [-0.1, -0.05) is 36.4 Å². The highest BCUT2D eigenvalue weighted by molar-refractivity contribution is 5.98. The fourth-order valence-electron chi connectivity index (χ4n) is 3.07. The van der Waals surface area contributed by atoms with E-state index >= 15 is 0 Å². The van der Waals surface area contributed by atoms with Crippen LogP contribution < -0.4 is 10.1 Å². The molecule has 0 aliphatic rings. The highest BCUT2D eigenvalue weighted by Gasteiger charge is 2.14. The second-order valence-corrected chi connectivity index (χ2v) is 6.87. The van der Waals surface area contributed by atoms with Crippen LogP contribution in [0.3, 0.4) is 0 Å². The van der Waals surface area contributed by atoms with Crippen molar-refractivity contribution in [2.75, 3.05) is 21.2 Å². The highest BCUT2D eigenvalue weighted by atomic mass is 16.5. The molecule has 5 nitrogen and oxygen atoms in total. The van der Waals surface area contributed by atoms with Crippen molar-refractivity contribution in [1.29, 1.82) is 0 Å². The zero-order valence-corrected chi connectivity index (χ0v) is 16.5. The van der Waals surface area contributed by atoms with E-state index in [4.69, 9.17) is 4.74 Å². The molecule has 28 heavy (non-hydrogen) atoms. The number of hydrogen-bond acceptors (Lipinski definition) is 4. The van der Waals surface area contributed by atoms with Crippen LogP contribution in [0.2, 0.25) is 0 Å². The van der Waals surface area contributed by atoms with Crippen LogP contribution in [-0.4, -0.2) is 37.0 Å². The zero-order chi connectivity index (χ0) is 19.9. The number of hydrogen-bond donors (Lipinski definition) is 1. The van der Waals surface area contributed by atoms with E-state index in [2.05, 4.69) is 27.3 Å². The van der Waals surface area contributed by atoms with Crippen LogP contribution >= 0.6 is 0 Å². The van der Waals surface area contributed by atoms with Crippen molar-refractivity contribution in [2.45, 2.75) is 13.1 Å². The number of pyridine rings is 1. The van der Waals surface area contributed by atoms with Crippen LogP contribution in [-0.2, 0) is 13.1 Å². The average molecular weight is 375 g/mol. The summed E-state index contributed by atoms with van der Waals surface area (Å²) in [6.07, 6.45) is 1.65. The molecule has 0 unspecified atom stereocenters. The second kappa shape index (κ2) is 9.15. The molecule has 3 aromatic rings. The Morgan fingerprint density at radius 1 is 1.04 bits per heavy atom. The van der Waals surface area contributed by atoms with Crippen molar-refractivity contribution in [3.8, 4) is 16.9 Å². The van der Waals surface area contributed by atoms with Crippen LogP contribution in [0.25, 0.3) is 11.1 Å². The van der Waals surface area contributed by atoms with E-state index in [-0.39, 0.29) is 5.91 Å². The van der Waals surface area contributed by atoms with Gasteiger partial charge in [0.05, 0.1) is 7.11 Å². The molecule has 5 heteroatoms. The van der Waals surface area contributed by atoms with Crippen molar-refractivity contribution in [2.24, 2.45) is 0 Å². The Morgan fingerprint density at radius 3 is 2.61 bits per heavy atom. The number of nitrogens with zero attached hydrogens (tertiary/aromatic N) is 2. The number of carbonyl (C=O) groups excluding carboxylic acids is 1. The third-order valence-corrected chi connectivity index (χ3v) is 4.35. The second-order valence-electron chi connectivity index (χ2n) is 6.87. The number of methoxy groups -OCH3 is 1. The van der Waals surface area contributed by atoms with Crippen LogP contribution in [0, 0.1) is 0 Å². The minimum Gasteiger partial charge on any atom is -0.497 e. The molecule has 1 aromatic heterocycles. The Labute approximate surface area is 166 Å². The molecule has 1 amide bonds. The van der Waals surface area contributed by atoms with Crippen molar-refractivity contribution < 1.29 is 9.53 Å². The Balaban J connectivity index is 1.80. The Hall–Kier alpha value is -3.18. The van der Waals surface area contributed by atoms with Gasteiger partial charge in [0, 0.05) is 24.8 Å². The van der Waals surface area contributed by atoms with Gasteiger partial charge in [0.2, 0.25) is 0 Å². The molecule has 144 valence electrons. The van der Waals surface area contributed by atoms with Crippen LogP contribution in [0.1, 0.15) is 21.6 Å². The molecule has 2 aromatic carbocycles. The molecule has 0 bridgehead atoms. The van der Waals surface area contributed by atoms with Gasteiger partial charge in [-0.15, -0.1) is 0 Å². The maximum atomic E-state index is 12.8. The molecule has 0 fully saturated rings.